The van der Waals surface area contributed by atoms with E-state index < -0.39 is 10.1 Å². The molecule has 5 nitrogen and oxygen atoms in total. The molecule has 0 heterocycles. The molecule has 1 aromatic carbocycles. The maximum absolute atomic E-state index is 11.8. The van der Waals surface area contributed by atoms with Crippen LogP contribution in [0.15, 0.2) is 29.2 Å². The Kier molecular flexibility index (Phi) is 7.01. The largest absolute Gasteiger partial charge is 0.396 e. The molecule has 0 radical (unpaired) electrons. The van der Waals surface area contributed by atoms with Gasteiger partial charge in [0.05, 0.1) is 11.5 Å². The van der Waals surface area contributed by atoms with Gasteiger partial charge in [-0.15, -0.1) is 0 Å². The summed E-state index contributed by atoms with van der Waals surface area (Å²) in [4.78, 5) is 0.166. The summed E-state index contributed by atoms with van der Waals surface area (Å²) in [6.07, 6.45) is 1.08. The van der Waals surface area contributed by atoms with Crippen molar-refractivity contribution in [1.82, 2.24) is 0 Å². The summed E-state index contributed by atoms with van der Waals surface area (Å²) in [7, 11) is -3.67. The number of hydrogen-bond donors (Lipinski definition) is 1. The second kappa shape index (κ2) is 8.27. The Labute approximate surface area is 114 Å². The van der Waals surface area contributed by atoms with Crippen LogP contribution in [0.25, 0.3) is 0 Å². The van der Waals surface area contributed by atoms with E-state index in [0.717, 1.165) is 5.56 Å². The molecule has 0 bridgehead atoms. The minimum absolute atomic E-state index is 0.0926. The summed E-state index contributed by atoms with van der Waals surface area (Å²) in [5, 5.41) is 8.54. The molecule has 0 saturated carbocycles. The van der Waals surface area contributed by atoms with Crippen LogP contribution in [-0.4, -0.2) is 40.0 Å². The van der Waals surface area contributed by atoms with E-state index in [1.165, 1.54) is 12.1 Å². The van der Waals surface area contributed by atoms with Gasteiger partial charge in [0.2, 0.25) is 0 Å². The third-order valence-electron chi connectivity index (χ3n) is 2.43. The Morgan fingerprint density at radius 2 is 1.68 bits per heavy atom. The highest BCUT2D eigenvalue weighted by Crippen LogP contribution is 2.13. The Morgan fingerprint density at radius 3 is 2.32 bits per heavy atom. The van der Waals surface area contributed by atoms with E-state index in [2.05, 4.69) is 0 Å². The molecule has 0 saturated heterocycles. The van der Waals surface area contributed by atoms with Crippen LogP contribution in [-0.2, 0) is 19.0 Å². The van der Waals surface area contributed by atoms with E-state index in [1.54, 1.807) is 12.1 Å². The predicted molar refractivity (Wildman–Crippen MR) is 71.5 cm³/mol. The van der Waals surface area contributed by atoms with Crippen LogP contribution >= 0.6 is 0 Å². The maximum atomic E-state index is 11.8. The number of aliphatic hydroxyl groups is 1. The van der Waals surface area contributed by atoms with Gasteiger partial charge in [-0.05, 0) is 31.9 Å². The van der Waals surface area contributed by atoms with Gasteiger partial charge in [0.1, 0.15) is 0 Å². The summed E-state index contributed by atoms with van der Waals surface area (Å²) in [6.45, 7) is 2.97. The number of aliphatic hydroxyl groups excluding tert-OH is 1. The highest BCUT2D eigenvalue weighted by atomic mass is 32.2. The number of benzene rings is 1. The molecule has 0 aliphatic carbocycles. The monoisotopic (exact) mass is 288 g/mol. The van der Waals surface area contributed by atoms with Crippen LogP contribution in [0, 0.1) is 6.92 Å². The molecule has 0 atom stereocenters. The summed E-state index contributed by atoms with van der Waals surface area (Å²) < 4.78 is 33.6. The molecule has 0 aliphatic heterocycles. The molecular weight excluding hydrogens is 268 g/mol. The topological polar surface area (TPSA) is 72.8 Å². The molecule has 0 spiro atoms. The summed E-state index contributed by atoms with van der Waals surface area (Å²) in [5.41, 5.74) is 0.997. The van der Waals surface area contributed by atoms with E-state index in [-0.39, 0.29) is 18.1 Å². The van der Waals surface area contributed by atoms with E-state index in [9.17, 15) is 8.42 Å². The summed E-state index contributed by atoms with van der Waals surface area (Å²) in [5.74, 6) is 0. The van der Waals surface area contributed by atoms with Crippen molar-refractivity contribution >= 4 is 10.1 Å². The third-order valence-corrected chi connectivity index (χ3v) is 3.75. The fourth-order valence-corrected chi connectivity index (χ4v) is 2.31. The van der Waals surface area contributed by atoms with Crippen molar-refractivity contribution in [3.63, 3.8) is 0 Å². The Morgan fingerprint density at radius 1 is 1.05 bits per heavy atom. The predicted octanol–water partition coefficient (Wildman–Crippen LogP) is 1.49. The molecular formula is C13H20O5S. The number of aryl methyl sites for hydroxylation is 1. The lowest BCUT2D eigenvalue weighted by Gasteiger charge is -2.06. The first-order valence-corrected chi connectivity index (χ1v) is 7.62. The average molecular weight is 288 g/mol. The second-order valence-electron chi connectivity index (χ2n) is 4.13. The van der Waals surface area contributed by atoms with Gasteiger partial charge in [0, 0.05) is 19.8 Å². The zero-order valence-corrected chi connectivity index (χ0v) is 11.9. The fraction of sp³-hybridized carbons (Fsp3) is 0.538. The third kappa shape index (κ3) is 6.15. The van der Waals surface area contributed by atoms with E-state index in [0.29, 0.717) is 26.1 Å². The van der Waals surface area contributed by atoms with E-state index in [1.807, 2.05) is 6.92 Å². The molecule has 0 aliphatic rings. The van der Waals surface area contributed by atoms with Gasteiger partial charge >= 0.3 is 0 Å². The van der Waals surface area contributed by atoms with Crippen LogP contribution in [0.1, 0.15) is 18.4 Å². The second-order valence-corrected chi connectivity index (χ2v) is 5.75. The molecule has 0 aromatic heterocycles. The van der Waals surface area contributed by atoms with Gasteiger partial charge in [0.15, 0.2) is 0 Å². The molecule has 19 heavy (non-hydrogen) atoms. The molecule has 6 heteroatoms. The van der Waals surface area contributed by atoms with Gasteiger partial charge < -0.3 is 9.84 Å². The smallest absolute Gasteiger partial charge is 0.296 e. The molecule has 0 fully saturated rings. The van der Waals surface area contributed by atoms with Crippen molar-refractivity contribution in [3.8, 4) is 0 Å². The van der Waals surface area contributed by atoms with Gasteiger partial charge in [-0.1, -0.05) is 17.7 Å². The van der Waals surface area contributed by atoms with Gasteiger partial charge in [-0.25, -0.2) is 0 Å². The van der Waals surface area contributed by atoms with E-state index in [4.69, 9.17) is 14.0 Å². The highest BCUT2D eigenvalue weighted by Gasteiger charge is 2.14. The van der Waals surface area contributed by atoms with Crippen LogP contribution in [0.4, 0.5) is 0 Å². The van der Waals surface area contributed by atoms with Gasteiger partial charge in [-0.3, -0.25) is 4.18 Å². The SMILES string of the molecule is Cc1ccc(S(=O)(=O)OCCCOCCCO)cc1. The maximum Gasteiger partial charge on any atom is 0.296 e. The van der Waals surface area contributed by atoms with Crippen molar-refractivity contribution in [3.05, 3.63) is 29.8 Å². The molecule has 1 rings (SSSR count). The van der Waals surface area contributed by atoms with Crippen molar-refractivity contribution in [2.45, 2.75) is 24.7 Å². The number of ether oxygens (including phenoxy) is 1. The minimum Gasteiger partial charge on any atom is -0.396 e. The minimum atomic E-state index is -3.67. The van der Waals surface area contributed by atoms with Crippen molar-refractivity contribution in [1.29, 1.82) is 0 Å². The van der Waals surface area contributed by atoms with Crippen LogP contribution < -0.4 is 0 Å². The zero-order chi connectivity index (χ0) is 14.1. The lowest BCUT2D eigenvalue weighted by atomic mass is 10.2. The normalized spacial score (nSPS) is 11.7. The van der Waals surface area contributed by atoms with E-state index >= 15 is 0 Å². The zero-order valence-electron chi connectivity index (χ0n) is 11.0. The number of hydrogen-bond acceptors (Lipinski definition) is 5. The van der Waals surface area contributed by atoms with Crippen molar-refractivity contribution in [2.75, 3.05) is 26.4 Å². The fourth-order valence-electron chi connectivity index (χ4n) is 1.37. The summed E-state index contributed by atoms with van der Waals surface area (Å²) in [6, 6.07) is 6.52. The van der Waals surface area contributed by atoms with Crippen LogP contribution in [0.2, 0.25) is 0 Å². The molecule has 108 valence electrons. The van der Waals surface area contributed by atoms with Gasteiger partial charge in [-0.2, -0.15) is 8.42 Å². The van der Waals surface area contributed by atoms with Crippen LogP contribution in [0.3, 0.4) is 0 Å². The number of rotatable bonds is 9. The first kappa shape index (κ1) is 16.1. The first-order valence-electron chi connectivity index (χ1n) is 6.21. The quantitative estimate of drug-likeness (QED) is 0.550. The molecule has 1 aromatic rings. The Balaban J connectivity index is 2.29. The van der Waals surface area contributed by atoms with Crippen LogP contribution in [0.5, 0.6) is 0 Å². The highest BCUT2D eigenvalue weighted by molar-refractivity contribution is 7.86. The molecule has 1 N–H and O–H groups in total. The summed E-state index contributed by atoms with van der Waals surface area (Å²) >= 11 is 0. The first-order chi connectivity index (χ1) is 9.06. The molecule has 0 unspecified atom stereocenters. The van der Waals surface area contributed by atoms with Crippen molar-refractivity contribution in [2.24, 2.45) is 0 Å². The average Bonchev–Trinajstić information content (AvgIpc) is 2.38. The van der Waals surface area contributed by atoms with Crippen molar-refractivity contribution < 1.29 is 22.4 Å². The Bertz CT molecular complexity index is 452. The lowest BCUT2D eigenvalue weighted by Crippen LogP contribution is -2.09. The molecule has 0 amide bonds. The standard InChI is InChI=1S/C13H20O5S/c1-12-4-6-13(7-5-12)19(15,16)18-11-3-10-17-9-2-8-14/h4-7,14H,2-3,8-11H2,1H3. The van der Waals surface area contributed by atoms with Gasteiger partial charge in [0.25, 0.3) is 10.1 Å². The lowest BCUT2D eigenvalue weighted by molar-refractivity contribution is 0.105. The Hall–Kier alpha value is -0.950.